The fraction of sp³-hybridized carbons (Fsp3) is 0.667. The molecule has 1 heterocycles. The van der Waals surface area contributed by atoms with Crippen LogP contribution in [0, 0.1) is 6.92 Å². The molecule has 1 unspecified atom stereocenters. The standard InChI is InChI=1S/C9H16N2S/c1-4-5-10-7(2)9-8(3)11-6-12-9/h6-7,10H,4-5H2,1-3H3. The number of aromatic nitrogens is 1. The second kappa shape index (κ2) is 4.58. The Balaban J connectivity index is 2.52. The van der Waals surface area contributed by atoms with Crippen LogP contribution in [0.3, 0.4) is 0 Å². The van der Waals surface area contributed by atoms with E-state index in [0.717, 1.165) is 12.2 Å². The van der Waals surface area contributed by atoms with Crippen molar-refractivity contribution >= 4 is 11.3 Å². The minimum Gasteiger partial charge on any atom is -0.309 e. The van der Waals surface area contributed by atoms with Gasteiger partial charge < -0.3 is 5.32 Å². The van der Waals surface area contributed by atoms with Crippen LogP contribution >= 0.6 is 11.3 Å². The monoisotopic (exact) mass is 184 g/mol. The van der Waals surface area contributed by atoms with E-state index in [2.05, 4.69) is 31.1 Å². The van der Waals surface area contributed by atoms with Gasteiger partial charge >= 0.3 is 0 Å². The van der Waals surface area contributed by atoms with Gasteiger partial charge in [0.1, 0.15) is 0 Å². The molecule has 0 amide bonds. The van der Waals surface area contributed by atoms with Gasteiger partial charge in [-0.25, -0.2) is 4.98 Å². The number of nitrogens with zero attached hydrogens (tertiary/aromatic N) is 1. The highest BCUT2D eigenvalue weighted by atomic mass is 32.1. The molecule has 1 aromatic rings. The zero-order valence-corrected chi connectivity index (χ0v) is 8.74. The zero-order chi connectivity index (χ0) is 8.97. The number of rotatable bonds is 4. The van der Waals surface area contributed by atoms with Gasteiger partial charge in [-0.1, -0.05) is 6.92 Å². The third kappa shape index (κ3) is 2.29. The Kier molecular flexibility index (Phi) is 3.69. The van der Waals surface area contributed by atoms with E-state index in [1.165, 1.54) is 11.3 Å². The molecule has 1 aromatic heterocycles. The molecule has 68 valence electrons. The SMILES string of the molecule is CCCNC(C)c1scnc1C. The summed E-state index contributed by atoms with van der Waals surface area (Å²) in [5, 5.41) is 3.45. The highest BCUT2D eigenvalue weighted by molar-refractivity contribution is 7.09. The van der Waals surface area contributed by atoms with Crippen LogP contribution in [0.4, 0.5) is 0 Å². The number of nitrogens with one attached hydrogen (secondary N) is 1. The van der Waals surface area contributed by atoms with E-state index in [4.69, 9.17) is 0 Å². The molecule has 0 aromatic carbocycles. The quantitative estimate of drug-likeness (QED) is 0.777. The summed E-state index contributed by atoms with van der Waals surface area (Å²) in [4.78, 5) is 5.59. The molecule has 1 atom stereocenters. The van der Waals surface area contributed by atoms with Crippen molar-refractivity contribution in [2.75, 3.05) is 6.54 Å². The first-order valence-corrected chi connectivity index (χ1v) is 5.27. The van der Waals surface area contributed by atoms with Crippen molar-refractivity contribution in [3.8, 4) is 0 Å². The van der Waals surface area contributed by atoms with Crippen molar-refractivity contribution in [1.29, 1.82) is 0 Å². The average molecular weight is 184 g/mol. The Morgan fingerprint density at radius 3 is 2.92 bits per heavy atom. The first-order chi connectivity index (χ1) is 5.75. The summed E-state index contributed by atoms with van der Waals surface area (Å²) in [7, 11) is 0. The maximum Gasteiger partial charge on any atom is 0.0798 e. The van der Waals surface area contributed by atoms with Crippen LogP contribution in [-0.2, 0) is 0 Å². The van der Waals surface area contributed by atoms with Crippen molar-refractivity contribution in [3.63, 3.8) is 0 Å². The lowest BCUT2D eigenvalue weighted by atomic mass is 10.2. The van der Waals surface area contributed by atoms with Gasteiger partial charge in [-0.3, -0.25) is 0 Å². The van der Waals surface area contributed by atoms with E-state index >= 15 is 0 Å². The fourth-order valence-electron chi connectivity index (χ4n) is 1.18. The van der Waals surface area contributed by atoms with Gasteiger partial charge in [0.15, 0.2) is 0 Å². The number of aryl methyl sites for hydroxylation is 1. The summed E-state index contributed by atoms with van der Waals surface area (Å²) in [5.41, 5.74) is 3.07. The van der Waals surface area contributed by atoms with Crippen LogP contribution in [-0.4, -0.2) is 11.5 Å². The van der Waals surface area contributed by atoms with Crippen LogP contribution in [0.1, 0.15) is 36.9 Å². The van der Waals surface area contributed by atoms with Crippen molar-refractivity contribution in [3.05, 3.63) is 16.1 Å². The highest BCUT2D eigenvalue weighted by Crippen LogP contribution is 2.20. The largest absolute Gasteiger partial charge is 0.309 e. The van der Waals surface area contributed by atoms with Crippen molar-refractivity contribution in [2.45, 2.75) is 33.2 Å². The Hall–Kier alpha value is -0.410. The van der Waals surface area contributed by atoms with Gasteiger partial charge in [-0.15, -0.1) is 11.3 Å². The molecule has 0 spiro atoms. The Labute approximate surface area is 78.0 Å². The normalized spacial score (nSPS) is 13.2. The Bertz CT molecular complexity index is 232. The van der Waals surface area contributed by atoms with E-state index in [1.54, 1.807) is 11.3 Å². The minimum absolute atomic E-state index is 0.456. The summed E-state index contributed by atoms with van der Waals surface area (Å²) in [6.45, 7) is 7.52. The number of hydrogen-bond donors (Lipinski definition) is 1. The average Bonchev–Trinajstić information content (AvgIpc) is 2.47. The third-order valence-corrected chi connectivity index (χ3v) is 2.99. The van der Waals surface area contributed by atoms with Crippen LogP contribution in [0.2, 0.25) is 0 Å². The fourth-order valence-corrected chi connectivity index (χ4v) is 2.02. The Morgan fingerprint density at radius 2 is 2.42 bits per heavy atom. The van der Waals surface area contributed by atoms with Gasteiger partial charge in [-0.2, -0.15) is 0 Å². The zero-order valence-electron chi connectivity index (χ0n) is 7.92. The molecule has 1 N–H and O–H groups in total. The van der Waals surface area contributed by atoms with Crippen LogP contribution in [0.15, 0.2) is 5.51 Å². The molecule has 0 fully saturated rings. The van der Waals surface area contributed by atoms with E-state index in [9.17, 15) is 0 Å². The molecular formula is C9H16N2S. The van der Waals surface area contributed by atoms with Crippen molar-refractivity contribution in [1.82, 2.24) is 10.3 Å². The smallest absolute Gasteiger partial charge is 0.0798 e. The predicted molar refractivity (Wildman–Crippen MR) is 53.6 cm³/mol. The van der Waals surface area contributed by atoms with Crippen molar-refractivity contribution in [2.24, 2.45) is 0 Å². The summed E-state index contributed by atoms with van der Waals surface area (Å²) < 4.78 is 0. The van der Waals surface area contributed by atoms with Gasteiger partial charge in [0.25, 0.3) is 0 Å². The molecule has 0 bridgehead atoms. The molecule has 3 heteroatoms. The van der Waals surface area contributed by atoms with Crippen LogP contribution < -0.4 is 5.32 Å². The molecule has 2 nitrogen and oxygen atoms in total. The first kappa shape index (κ1) is 9.68. The molecule has 0 aliphatic heterocycles. The molecule has 0 radical (unpaired) electrons. The number of hydrogen-bond acceptors (Lipinski definition) is 3. The lowest BCUT2D eigenvalue weighted by molar-refractivity contribution is 0.575. The lowest BCUT2D eigenvalue weighted by Crippen LogP contribution is -2.18. The molecule has 0 saturated heterocycles. The summed E-state index contributed by atoms with van der Waals surface area (Å²) in [6.07, 6.45) is 1.18. The topological polar surface area (TPSA) is 24.9 Å². The predicted octanol–water partition coefficient (Wildman–Crippen LogP) is 2.51. The number of thiazole rings is 1. The molecule has 1 rings (SSSR count). The van der Waals surface area contributed by atoms with Gasteiger partial charge in [0, 0.05) is 10.9 Å². The molecule has 0 aliphatic carbocycles. The van der Waals surface area contributed by atoms with E-state index < -0.39 is 0 Å². The van der Waals surface area contributed by atoms with Gasteiger partial charge in [0.2, 0.25) is 0 Å². The molecular weight excluding hydrogens is 168 g/mol. The summed E-state index contributed by atoms with van der Waals surface area (Å²) in [6, 6.07) is 0.456. The van der Waals surface area contributed by atoms with Crippen molar-refractivity contribution < 1.29 is 0 Å². The molecule has 0 aliphatic rings. The second-order valence-corrected chi connectivity index (χ2v) is 3.86. The van der Waals surface area contributed by atoms with E-state index in [-0.39, 0.29) is 0 Å². The minimum atomic E-state index is 0.456. The highest BCUT2D eigenvalue weighted by Gasteiger charge is 2.08. The Morgan fingerprint density at radius 1 is 1.67 bits per heavy atom. The van der Waals surface area contributed by atoms with E-state index in [1.807, 2.05) is 5.51 Å². The second-order valence-electron chi connectivity index (χ2n) is 2.98. The lowest BCUT2D eigenvalue weighted by Gasteiger charge is -2.11. The van der Waals surface area contributed by atoms with Gasteiger partial charge in [-0.05, 0) is 26.8 Å². The summed E-state index contributed by atoms with van der Waals surface area (Å²) >= 11 is 1.73. The summed E-state index contributed by atoms with van der Waals surface area (Å²) in [5.74, 6) is 0. The maximum absolute atomic E-state index is 4.22. The first-order valence-electron chi connectivity index (χ1n) is 4.39. The van der Waals surface area contributed by atoms with Crippen LogP contribution in [0.5, 0.6) is 0 Å². The molecule has 0 saturated carbocycles. The maximum atomic E-state index is 4.22. The van der Waals surface area contributed by atoms with Crippen LogP contribution in [0.25, 0.3) is 0 Å². The third-order valence-electron chi connectivity index (χ3n) is 1.88. The van der Waals surface area contributed by atoms with Gasteiger partial charge in [0.05, 0.1) is 11.2 Å². The molecule has 12 heavy (non-hydrogen) atoms. The van der Waals surface area contributed by atoms with E-state index in [0.29, 0.717) is 6.04 Å².